The quantitative estimate of drug-likeness (QED) is 0.572. The van der Waals surface area contributed by atoms with Gasteiger partial charge in [-0.15, -0.1) is 0 Å². The van der Waals surface area contributed by atoms with E-state index in [0.29, 0.717) is 35.2 Å². The van der Waals surface area contributed by atoms with Gasteiger partial charge in [-0.25, -0.2) is 19.7 Å². The summed E-state index contributed by atoms with van der Waals surface area (Å²) in [6.07, 6.45) is 4.02. The van der Waals surface area contributed by atoms with Crippen LogP contribution in [0, 0.1) is 0 Å². The molecular weight excluding hydrogens is 406 g/mol. The zero-order valence-electron chi connectivity index (χ0n) is 19.3. The Morgan fingerprint density at radius 2 is 1.91 bits per heavy atom. The van der Waals surface area contributed by atoms with Crippen LogP contribution in [-0.4, -0.2) is 32.6 Å². The molecule has 3 aromatic rings. The third-order valence-corrected chi connectivity index (χ3v) is 5.19. The monoisotopic (exact) mass is 435 g/mol. The number of pyridine rings is 3. The molecule has 3 aromatic heterocycles. The molecule has 0 bridgehead atoms. The van der Waals surface area contributed by atoms with Crippen molar-refractivity contribution in [3.63, 3.8) is 0 Å². The number of ether oxygens (including phenoxy) is 2. The Morgan fingerprint density at radius 1 is 1.16 bits per heavy atom. The SMILES string of the molecule is CC(C)Oc1ncc(C(C)(C)N)c2cc(Nc3ccc4c(n3)CC(C)(C)OC4=O)ncc12. The second-order valence-corrected chi connectivity index (χ2v) is 9.62. The minimum Gasteiger partial charge on any atom is -0.474 e. The van der Waals surface area contributed by atoms with Crippen molar-refractivity contribution in [2.75, 3.05) is 5.32 Å². The number of rotatable bonds is 5. The number of anilines is 2. The molecule has 4 heterocycles. The fourth-order valence-corrected chi connectivity index (χ4v) is 3.78. The number of cyclic esters (lactones) is 1. The molecule has 32 heavy (non-hydrogen) atoms. The average Bonchev–Trinajstić information content (AvgIpc) is 2.65. The Morgan fingerprint density at radius 3 is 2.59 bits per heavy atom. The van der Waals surface area contributed by atoms with E-state index < -0.39 is 11.1 Å². The maximum atomic E-state index is 12.2. The molecule has 3 N–H and O–H groups in total. The van der Waals surface area contributed by atoms with Crippen molar-refractivity contribution >= 4 is 28.4 Å². The molecule has 0 saturated heterocycles. The Balaban J connectivity index is 1.74. The number of esters is 1. The molecule has 4 rings (SSSR count). The van der Waals surface area contributed by atoms with Gasteiger partial charge in [0.1, 0.15) is 17.2 Å². The summed E-state index contributed by atoms with van der Waals surface area (Å²) in [6.45, 7) is 11.5. The summed E-state index contributed by atoms with van der Waals surface area (Å²) < 4.78 is 11.3. The number of nitrogens with one attached hydrogen (secondary N) is 1. The van der Waals surface area contributed by atoms with Gasteiger partial charge in [0.15, 0.2) is 0 Å². The number of aromatic nitrogens is 3. The third-order valence-electron chi connectivity index (χ3n) is 5.19. The number of fused-ring (bicyclic) bond motifs is 2. The number of carbonyl (C=O) groups excluding carboxylic acids is 1. The van der Waals surface area contributed by atoms with E-state index in [-0.39, 0.29) is 12.1 Å². The topological polar surface area (TPSA) is 112 Å². The molecule has 0 fully saturated rings. The Hall–Kier alpha value is -3.26. The van der Waals surface area contributed by atoms with Gasteiger partial charge in [0, 0.05) is 24.4 Å². The van der Waals surface area contributed by atoms with Gasteiger partial charge in [0.2, 0.25) is 5.88 Å². The first-order valence-electron chi connectivity index (χ1n) is 10.7. The van der Waals surface area contributed by atoms with Crippen LogP contribution in [0.4, 0.5) is 11.6 Å². The van der Waals surface area contributed by atoms with Crippen LogP contribution < -0.4 is 15.8 Å². The second-order valence-electron chi connectivity index (χ2n) is 9.62. The zero-order chi connectivity index (χ0) is 23.3. The van der Waals surface area contributed by atoms with Crippen LogP contribution in [0.5, 0.6) is 5.88 Å². The van der Waals surface area contributed by atoms with Crippen molar-refractivity contribution in [2.24, 2.45) is 5.73 Å². The predicted octanol–water partition coefficient (Wildman–Crippen LogP) is 4.24. The second kappa shape index (κ2) is 7.70. The first-order valence-corrected chi connectivity index (χ1v) is 10.7. The third kappa shape index (κ3) is 4.36. The fraction of sp³-hybridized carbons (Fsp3) is 0.417. The minimum atomic E-state index is -0.601. The van der Waals surface area contributed by atoms with Crippen molar-refractivity contribution in [3.05, 3.63) is 47.4 Å². The lowest BCUT2D eigenvalue weighted by molar-refractivity contribution is -0.00714. The van der Waals surface area contributed by atoms with E-state index in [1.165, 1.54) is 0 Å². The highest BCUT2D eigenvalue weighted by atomic mass is 16.6. The number of hydrogen-bond donors (Lipinski definition) is 2. The first kappa shape index (κ1) is 22.0. The van der Waals surface area contributed by atoms with Crippen LogP contribution in [0.2, 0.25) is 0 Å². The van der Waals surface area contributed by atoms with E-state index in [0.717, 1.165) is 16.3 Å². The van der Waals surface area contributed by atoms with E-state index in [1.54, 1.807) is 24.5 Å². The summed E-state index contributed by atoms with van der Waals surface area (Å²) in [5.74, 6) is 1.38. The summed E-state index contributed by atoms with van der Waals surface area (Å²) in [5, 5.41) is 4.95. The van der Waals surface area contributed by atoms with Crippen LogP contribution in [0.1, 0.15) is 63.2 Å². The molecule has 168 valence electrons. The van der Waals surface area contributed by atoms with Crippen molar-refractivity contribution < 1.29 is 14.3 Å². The normalized spacial score (nSPS) is 15.4. The molecule has 1 aliphatic heterocycles. The van der Waals surface area contributed by atoms with Crippen molar-refractivity contribution in [1.82, 2.24) is 15.0 Å². The lowest BCUT2D eigenvalue weighted by Gasteiger charge is -2.30. The van der Waals surface area contributed by atoms with Gasteiger partial charge in [-0.2, -0.15) is 0 Å². The summed E-state index contributed by atoms with van der Waals surface area (Å²) in [7, 11) is 0. The van der Waals surface area contributed by atoms with E-state index in [9.17, 15) is 4.79 Å². The molecule has 0 aliphatic carbocycles. The van der Waals surface area contributed by atoms with Crippen molar-refractivity contribution in [1.29, 1.82) is 0 Å². The predicted molar refractivity (Wildman–Crippen MR) is 123 cm³/mol. The summed E-state index contributed by atoms with van der Waals surface area (Å²) in [6, 6.07) is 5.40. The lowest BCUT2D eigenvalue weighted by atomic mass is 9.93. The number of hydrogen-bond acceptors (Lipinski definition) is 8. The molecule has 8 nitrogen and oxygen atoms in total. The largest absolute Gasteiger partial charge is 0.474 e. The highest BCUT2D eigenvalue weighted by Gasteiger charge is 2.33. The van der Waals surface area contributed by atoms with Gasteiger partial charge in [0.05, 0.1) is 22.7 Å². The van der Waals surface area contributed by atoms with Gasteiger partial charge in [-0.1, -0.05) is 0 Å². The lowest BCUT2D eigenvalue weighted by Crippen LogP contribution is -2.36. The van der Waals surface area contributed by atoms with E-state index >= 15 is 0 Å². The smallest absolute Gasteiger partial charge is 0.340 e. The highest BCUT2D eigenvalue weighted by molar-refractivity contribution is 5.93. The highest BCUT2D eigenvalue weighted by Crippen LogP contribution is 2.33. The first-order chi connectivity index (χ1) is 14.9. The van der Waals surface area contributed by atoms with Gasteiger partial charge in [-0.3, -0.25) is 0 Å². The number of carbonyl (C=O) groups is 1. The van der Waals surface area contributed by atoms with Gasteiger partial charge >= 0.3 is 5.97 Å². The fourth-order valence-electron chi connectivity index (χ4n) is 3.78. The maximum absolute atomic E-state index is 12.2. The summed E-state index contributed by atoms with van der Waals surface area (Å²) in [4.78, 5) is 25.9. The van der Waals surface area contributed by atoms with Crippen molar-refractivity contribution in [3.8, 4) is 5.88 Å². The van der Waals surface area contributed by atoms with Crippen LogP contribution >= 0.6 is 0 Å². The zero-order valence-corrected chi connectivity index (χ0v) is 19.3. The molecule has 0 aromatic carbocycles. The summed E-state index contributed by atoms with van der Waals surface area (Å²) in [5.41, 5.74) is 7.32. The average molecular weight is 436 g/mol. The Bertz CT molecular complexity index is 1200. The molecule has 0 unspecified atom stereocenters. The summed E-state index contributed by atoms with van der Waals surface area (Å²) >= 11 is 0. The Labute approximate surface area is 187 Å². The van der Waals surface area contributed by atoms with Crippen LogP contribution in [0.3, 0.4) is 0 Å². The van der Waals surface area contributed by atoms with Gasteiger partial charge in [-0.05, 0) is 70.7 Å². The minimum absolute atomic E-state index is 0.0177. The van der Waals surface area contributed by atoms with E-state index in [1.807, 2.05) is 47.6 Å². The molecule has 0 amide bonds. The van der Waals surface area contributed by atoms with Crippen LogP contribution in [0.15, 0.2) is 30.6 Å². The molecule has 0 spiro atoms. The van der Waals surface area contributed by atoms with E-state index in [2.05, 4.69) is 20.3 Å². The van der Waals surface area contributed by atoms with E-state index in [4.69, 9.17) is 15.2 Å². The Kier molecular flexibility index (Phi) is 5.29. The molecule has 0 saturated carbocycles. The molecule has 1 aliphatic rings. The van der Waals surface area contributed by atoms with Gasteiger partial charge < -0.3 is 20.5 Å². The van der Waals surface area contributed by atoms with Crippen LogP contribution in [-0.2, 0) is 16.7 Å². The standard InChI is InChI=1S/C24H29N5O3/c1-13(2)31-21-16-11-26-20(9-15(16)17(12-27-21)24(5,6)25)29-19-8-7-14-18(28-19)10-23(3,4)32-22(14)30/h7-9,11-13H,10,25H2,1-6H3,(H,26,28,29). The molecular formula is C24H29N5O3. The maximum Gasteiger partial charge on any atom is 0.340 e. The molecule has 8 heteroatoms. The van der Waals surface area contributed by atoms with Crippen molar-refractivity contribution in [2.45, 2.75) is 65.2 Å². The van der Waals surface area contributed by atoms with Gasteiger partial charge in [0.25, 0.3) is 0 Å². The molecule has 0 radical (unpaired) electrons. The molecule has 0 atom stereocenters. The number of nitrogens with two attached hydrogens (primary N) is 1. The van der Waals surface area contributed by atoms with Crippen LogP contribution in [0.25, 0.3) is 10.8 Å². The number of nitrogens with zero attached hydrogens (tertiary/aromatic N) is 3.